The Morgan fingerprint density at radius 2 is 1.85 bits per heavy atom. The van der Waals surface area contributed by atoms with Gasteiger partial charge in [0.25, 0.3) is 0 Å². The minimum absolute atomic E-state index is 0.552. The summed E-state index contributed by atoms with van der Waals surface area (Å²) in [5, 5.41) is 3.43. The summed E-state index contributed by atoms with van der Waals surface area (Å²) < 4.78 is 0. The molecule has 3 nitrogen and oxygen atoms in total. The second kappa shape index (κ2) is 6.71. The summed E-state index contributed by atoms with van der Waals surface area (Å²) in [6, 6.07) is 9.10. The van der Waals surface area contributed by atoms with E-state index in [0.717, 1.165) is 36.6 Å². The highest BCUT2D eigenvalue weighted by atomic mass is 14.9. The Kier molecular flexibility index (Phi) is 4.96. The highest BCUT2D eigenvalue weighted by molar-refractivity contribution is 5.62. The van der Waals surface area contributed by atoms with Crippen LogP contribution in [0.1, 0.15) is 37.4 Å². The van der Waals surface area contributed by atoms with Gasteiger partial charge in [-0.2, -0.15) is 0 Å². The molecule has 1 heterocycles. The lowest BCUT2D eigenvalue weighted by molar-refractivity contribution is 0.567. The van der Waals surface area contributed by atoms with Crippen molar-refractivity contribution in [3.63, 3.8) is 0 Å². The van der Waals surface area contributed by atoms with E-state index in [4.69, 9.17) is 4.98 Å². The number of nitrogens with zero attached hydrogens (tertiary/aromatic N) is 1. The van der Waals surface area contributed by atoms with Gasteiger partial charge in [-0.1, -0.05) is 43.7 Å². The molecule has 3 heteroatoms. The molecule has 0 atom stereocenters. The van der Waals surface area contributed by atoms with Crippen LogP contribution in [-0.2, 0) is 6.42 Å². The van der Waals surface area contributed by atoms with Crippen molar-refractivity contribution in [3.05, 3.63) is 41.3 Å². The molecule has 0 aliphatic rings. The van der Waals surface area contributed by atoms with Crippen LogP contribution < -0.4 is 5.32 Å². The highest BCUT2D eigenvalue weighted by Gasteiger charge is 2.08. The van der Waals surface area contributed by atoms with Crippen molar-refractivity contribution in [2.75, 3.05) is 6.54 Å². The van der Waals surface area contributed by atoms with E-state index in [-0.39, 0.29) is 0 Å². The van der Waals surface area contributed by atoms with Crippen LogP contribution in [0.2, 0.25) is 0 Å². The van der Waals surface area contributed by atoms with Crippen LogP contribution in [0.5, 0.6) is 0 Å². The third-order valence-corrected chi connectivity index (χ3v) is 3.40. The lowest BCUT2D eigenvalue weighted by atomic mass is 10.1. The minimum Gasteiger partial charge on any atom is -0.346 e. The molecule has 108 valence electrons. The second-order valence-electron chi connectivity index (χ2n) is 5.74. The molecular weight excluding hydrogens is 246 g/mol. The minimum atomic E-state index is 0.552. The van der Waals surface area contributed by atoms with Crippen LogP contribution >= 0.6 is 0 Å². The average molecular weight is 271 g/mol. The SMILES string of the molecule is Cc1ccc(-c2nc(CCCNC(C)C)[nH]c2C)cc1. The highest BCUT2D eigenvalue weighted by Crippen LogP contribution is 2.21. The topological polar surface area (TPSA) is 40.7 Å². The zero-order chi connectivity index (χ0) is 14.5. The summed E-state index contributed by atoms with van der Waals surface area (Å²) in [6.07, 6.45) is 2.10. The Morgan fingerprint density at radius 1 is 1.15 bits per heavy atom. The molecule has 0 spiro atoms. The van der Waals surface area contributed by atoms with E-state index in [1.807, 2.05) is 0 Å². The van der Waals surface area contributed by atoms with Crippen molar-refractivity contribution in [2.24, 2.45) is 0 Å². The molecule has 2 N–H and O–H groups in total. The van der Waals surface area contributed by atoms with Gasteiger partial charge in [0.15, 0.2) is 0 Å². The predicted octanol–water partition coefficient (Wildman–Crippen LogP) is 3.62. The molecule has 0 aliphatic heterocycles. The van der Waals surface area contributed by atoms with Gasteiger partial charge in [-0.25, -0.2) is 4.98 Å². The van der Waals surface area contributed by atoms with Crippen LogP contribution in [-0.4, -0.2) is 22.6 Å². The number of aromatic amines is 1. The normalized spacial score (nSPS) is 11.2. The number of aromatic nitrogens is 2. The third-order valence-electron chi connectivity index (χ3n) is 3.40. The largest absolute Gasteiger partial charge is 0.346 e. The maximum absolute atomic E-state index is 4.74. The van der Waals surface area contributed by atoms with E-state index in [1.54, 1.807) is 0 Å². The van der Waals surface area contributed by atoms with E-state index in [9.17, 15) is 0 Å². The number of aryl methyl sites for hydroxylation is 3. The molecule has 0 fully saturated rings. The van der Waals surface area contributed by atoms with Gasteiger partial charge in [-0.15, -0.1) is 0 Å². The van der Waals surface area contributed by atoms with Crippen molar-refractivity contribution < 1.29 is 0 Å². The number of benzene rings is 1. The first kappa shape index (κ1) is 14.8. The first-order valence-electron chi connectivity index (χ1n) is 7.42. The zero-order valence-electron chi connectivity index (χ0n) is 13.0. The number of hydrogen-bond donors (Lipinski definition) is 2. The fourth-order valence-electron chi connectivity index (χ4n) is 2.28. The number of nitrogens with one attached hydrogen (secondary N) is 2. The van der Waals surface area contributed by atoms with E-state index in [0.29, 0.717) is 6.04 Å². The molecule has 0 bridgehead atoms. The smallest absolute Gasteiger partial charge is 0.107 e. The van der Waals surface area contributed by atoms with Gasteiger partial charge in [0.1, 0.15) is 5.82 Å². The van der Waals surface area contributed by atoms with Gasteiger partial charge in [-0.05, 0) is 26.8 Å². The van der Waals surface area contributed by atoms with Crippen molar-refractivity contribution in [2.45, 2.75) is 46.6 Å². The van der Waals surface area contributed by atoms with Crippen LogP contribution in [0.15, 0.2) is 24.3 Å². The molecule has 1 aromatic heterocycles. The quantitative estimate of drug-likeness (QED) is 0.788. The van der Waals surface area contributed by atoms with E-state index < -0.39 is 0 Å². The molecule has 0 saturated carbocycles. The van der Waals surface area contributed by atoms with E-state index in [1.165, 1.54) is 11.1 Å². The van der Waals surface area contributed by atoms with Gasteiger partial charge < -0.3 is 10.3 Å². The Morgan fingerprint density at radius 3 is 2.50 bits per heavy atom. The fraction of sp³-hybridized carbons (Fsp3) is 0.471. The Bertz CT molecular complexity index is 538. The van der Waals surface area contributed by atoms with Crippen LogP contribution in [0.3, 0.4) is 0 Å². The molecule has 0 unspecified atom stereocenters. The molecule has 0 saturated heterocycles. The summed E-state index contributed by atoms with van der Waals surface area (Å²) >= 11 is 0. The lowest BCUT2D eigenvalue weighted by Crippen LogP contribution is -2.24. The summed E-state index contributed by atoms with van der Waals surface area (Å²) in [5.74, 6) is 1.09. The first-order chi connectivity index (χ1) is 9.56. The molecular formula is C17H25N3. The standard InChI is InChI=1S/C17H25N3/c1-12(2)18-11-5-6-16-19-14(4)17(20-16)15-9-7-13(3)8-10-15/h7-10,12,18H,5-6,11H2,1-4H3,(H,19,20). The summed E-state index contributed by atoms with van der Waals surface area (Å²) in [7, 11) is 0. The van der Waals surface area contributed by atoms with Crippen molar-refractivity contribution in [1.82, 2.24) is 15.3 Å². The van der Waals surface area contributed by atoms with E-state index in [2.05, 4.69) is 62.3 Å². The zero-order valence-corrected chi connectivity index (χ0v) is 13.0. The molecule has 2 aromatic rings. The Hall–Kier alpha value is -1.61. The predicted molar refractivity (Wildman–Crippen MR) is 85.0 cm³/mol. The summed E-state index contributed by atoms with van der Waals surface area (Å²) in [5.41, 5.74) is 4.70. The Labute approximate surface area is 121 Å². The average Bonchev–Trinajstić information content (AvgIpc) is 2.77. The summed E-state index contributed by atoms with van der Waals surface area (Å²) in [4.78, 5) is 8.15. The number of H-pyrrole nitrogens is 1. The van der Waals surface area contributed by atoms with Gasteiger partial charge >= 0.3 is 0 Å². The molecule has 1 aromatic carbocycles. The van der Waals surface area contributed by atoms with Gasteiger partial charge in [-0.3, -0.25) is 0 Å². The van der Waals surface area contributed by atoms with Crippen LogP contribution in [0, 0.1) is 13.8 Å². The molecule has 0 radical (unpaired) electrons. The number of hydrogen-bond acceptors (Lipinski definition) is 2. The van der Waals surface area contributed by atoms with Crippen molar-refractivity contribution >= 4 is 0 Å². The molecule has 0 aliphatic carbocycles. The molecule has 2 rings (SSSR count). The Balaban J connectivity index is 2.00. The van der Waals surface area contributed by atoms with Crippen LogP contribution in [0.4, 0.5) is 0 Å². The molecule has 20 heavy (non-hydrogen) atoms. The van der Waals surface area contributed by atoms with Crippen LogP contribution in [0.25, 0.3) is 11.3 Å². The van der Waals surface area contributed by atoms with E-state index >= 15 is 0 Å². The van der Waals surface area contributed by atoms with Crippen molar-refractivity contribution in [1.29, 1.82) is 0 Å². The van der Waals surface area contributed by atoms with Gasteiger partial charge in [0.05, 0.1) is 5.69 Å². The number of imidazole rings is 1. The maximum Gasteiger partial charge on any atom is 0.107 e. The molecule has 0 amide bonds. The van der Waals surface area contributed by atoms with Gasteiger partial charge in [0.2, 0.25) is 0 Å². The lowest BCUT2D eigenvalue weighted by Gasteiger charge is -2.06. The monoisotopic (exact) mass is 271 g/mol. The van der Waals surface area contributed by atoms with Crippen molar-refractivity contribution in [3.8, 4) is 11.3 Å². The first-order valence-corrected chi connectivity index (χ1v) is 7.42. The second-order valence-corrected chi connectivity index (χ2v) is 5.74. The summed E-state index contributed by atoms with van der Waals surface area (Å²) in [6.45, 7) is 9.59. The van der Waals surface area contributed by atoms with Gasteiger partial charge in [0, 0.05) is 23.7 Å². The third kappa shape index (κ3) is 3.94. The number of rotatable bonds is 6. The fourth-order valence-corrected chi connectivity index (χ4v) is 2.28. The maximum atomic E-state index is 4.74.